The number of aliphatic hydroxyl groups is 2. The standard InChI is InChI=1S/C35H40N2O8/c1-37(2)27-26-29(39)22-16-20-12-13-21(15-19-10-8-18(9-11-19)14-17-6-4-3-5-7-17)28(38)23(20)30(40)24(22)32(42)35(26,45)33(43)25(31(27)41)34(36)44/h3-7,12-13,18-19,22,24-27,29,38-39,45H,8-11,14-16H2,1-2H3,(H2,36,44)/t18?,19?,22-,24?,25?,26-,27+,29+,35+/m0/s1. The minimum atomic E-state index is -2.98. The van der Waals surface area contributed by atoms with Crippen molar-refractivity contribution < 1.29 is 39.3 Å². The molecule has 2 unspecified atom stereocenters. The lowest BCUT2D eigenvalue weighted by molar-refractivity contribution is -0.195. The highest BCUT2D eigenvalue weighted by atomic mass is 16.3. The van der Waals surface area contributed by atoms with Gasteiger partial charge in [-0.05, 0) is 87.6 Å². The zero-order valence-corrected chi connectivity index (χ0v) is 25.5. The first kappa shape index (κ1) is 31.3. The summed E-state index contributed by atoms with van der Waals surface area (Å²) in [6.45, 7) is 0. The minimum absolute atomic E-state index is 0.0193. The molecular weight excluding hydrogens is 576 g/mol. The van der Waals surface area contributed by atoms with Gasteiger partial charge in [0.25, 0.3) is 0 Å². The van der Waals surface area contributed by atoms with Crippen LogP contribution >= 0.6 is 0 Å². The van der Waals surface area contributed by atoms with Gasteiger partial charge in [-0.15, -0.1) is 0 Å². The number of nitrogens with two attached hydrogens (primary N) is 1. The monoisotopic (exact) mass is 616 g/mol. The van der Waals surface area contributed by atoms with Crippen molar-refractivity contribution >= 4 is 29.0 Å². The summed E-state index contributed by atoms with van der Waals surface area (Å²) in [6, 6.07) is 12.6. The second-order valence-electron chi connectivity index (χ2n) is 13.8. The number of aromatic hydroxyl groups is 1. The van der Waals surface area contributed by atoms with E-state index in [9.17, 15) is 39.3 Å². The fourth-order valence-electron chi connectivity index (χ4n) is 8.69. The van der Waals surface area contributed by atoms with Crippen molar-refractivity contribution in [1.29, 1.82) is 0 Å². The first-order valence-corrected chi connectivity index (χ1v) is 15.8. The Kier molecular flexibility index (Phi) is 8.04. The molecule has 0 aliphatic heterocycles. The molecule has 3 fully saturated rings. The number of phenols is 1. The molecule has 7 atom stereocenters. The lowest BCUT2D eigenvalue weighted by atomic mass is 9.51. The van der Waals surface area contributed by atoms with E-state index in [1.807, 2.05) is 6.07 Å². The lowest BCUT2D eigenvalue weighted by Crippen LogP contribution is -2.77. The average molecular weight is 617 g/mol. The molecule has 10 nitrogen and oxygen atoms in total. The summed E-state index contributed by atoms with van der Waals surface area (Å²) in [6.07, 6.45) is 4.11. The molecule has 0 saturated heterocycles. The summed E-state index contributed by atoms with van der Waals surface area (Å²) in [7, 11) is 2.94. The van der Waals surface area contributed by atoms with Crippen LogP contribution < -0.4 is 5.73 Å². The number of carbonyl (C=O) groups excluding carboxylic acids is 5. The molecule has 2 aromatic rings. The van der Waals surface area contributed by atoms with Crippen molar-refractivity contribution in [3.63, 3.8) is 0 Å². The molecule has 0 bridgehead atoms. The maximum atomic E-state index is 14.0. The fraction of sp³-hybridized carbons (Fsp3) is 0.514. The number of fused-ring (bicyclic) bond motifs is 3. The summed E-state index contributed by atoms with van der Waals surface area (Å²) in [4.78, 5) is 68.3. The number of hydrogen-bond donors (Lipinski definition) is 4. The molecule has 4 aliphatic rings. The van der Waals surface area contributed by atoms with E-state index in [4.69, 9.17) is 5.73 Å². The van der Waals surface area contributed by atoms with Crippen molar-refractivity contribution in [2.75, 3.05) is 14.1 Å². The van der Waals surface area contributed by atoms with Crippen LogP contribution in [0.2, 0.25) is 0 Å². The molecule has 0 heterocycles. The van der Waals surface area contributed by atoms with Crippen molar-refractivity contribution in [2.24, 2.45) is 41.2 Å². The van der Waals surface area contributed by atoms with Crippen LogP contribution in [0.3, 0.4) is 0 Å². The van der Waals surface area contributed by atoms with Crippen LogP contribution in [0.25, 0.3) is 0 Å². The number of Topliss-reactive ketones (excluding diaryl/α,β-unsaturated/α-hetero) is 4. The van der Waals surface area contributed by atoms with Gasteiger partial charge in [-0.2, -0.15) is 0 Å². The second-order valence-corrected chi connectivity index (χ2v) is 13.8. The Bertz CT molecular complexity index is 1560. The van der Waals surface area contributed by atoms with Gasteiger partial charge in [0.2, 0.25) is 5.91 Å². The average Bonchev–Trinajstić information content (AvgIpc) is 3.00. The predicted molar refractivity (Wildman–Crippen MR) is 162 cm³/mol. The van der Waals surface area contributed by atoms with Gasteiger partial charge in [-0.1, -0.05) is 42.5 Å². The third kappa shape index (κ3) is 4.94. The van der Waals surface area contributed by atoms with Gasteiger partial charge in [0.15, 0.2) is 34.7 Å². The molecule has 238 valence electrons. The van der Waals surface area contributed by atoms with Crippen LogP contribution in [-0.2, 0) is 38.4 Å². The van der Waals surface area contributed by atoms with Gasteiger partial charge in [0.1, 0.15) is 5.75 Å². The van der Waals surface area contributed by atoms with E-state index in [0.717, 1.165) is 32.1 Å². The van der Waals surface area contributed by atoms with E-state index in [2.05, 4.69) is 24.3 Å². The number of aliphatic hydroxyl groups excluding tert-OH is 1. The van der Waals surface area contributed by atoms with Crippen LogP contribution in [0.15, 0.2) is 42.5 Å². The highest BCUT2D eigenvalue weighted by molar-refractivity contribution is 6.32. The molecule has 0 aromatic heterocycles. The highest BCUT2D eigenvalue weighted by Crippen LogP contribution is 2.51. The SMILES string of the molecule is CN(C)[C@H]1C(=O)C(C(N)=O)C(=O)[C@]2(O)C(=O)C3C(=O)c4c(ccc(CC5CCC(Cc6ccccc6)CC5)c4O)C[C@@H]3[C@@H](O)[C@H]12. The van der Waals surface area contributed by atoms with E-state index in [1.165, 1.54) is 24.6 Å². The molecule has 3 saturated carbocycles. The molecule has 1 amide bonds. The van der Waals surface area contributed by atoms with E-state index in [-0.39, 0.29) is 17.7 Å². The molecule has 0 radical (unpaired) electrons. The Balaban J connectivity index is 1.26. The van der Waals surface area contributed by atoms with Crippen LogP contribution in [0.5, 0.6) is 5.75 Å². The maximum Gasteiger partial charge on any atom is 0.235 e. The number of carbonyl (C=O) groups is 5. The van der Waals surface area contributed by atoms with Gasteiger partial charge in [-0.3, -0.25) is 28.9 Å². The molecule has 10 heteroatoms. The number of hydrogen-bond acceptors (Lipinski definition) is 9. The number of primary amides is 1. The number of amides is 1. The zero-order chi connectivity index (χ0) is 32.4. The number of rotatable bonds is 6. The lowest BCUT2D eigenvalue weighted by Gasteiger charge is -2.54. The van der Waals surface area contributed by atoms with Gasteiger partial charge in [-0.25, -0.2) is 0 Å². The van der Waals surface area contributed by atoms with E-state index in [0.29, 0.717) is 29.4 Å². The summed E-state index contributed by atoms with van der Waals surface area (Å²) in [5, 5.41) is 34.7. The van der Waals surface area contributed by atoms with Gasteiger partial charge >= 0.3 is 0 Å². The van der Waals surface area contributed by atoms with Gasteiger partial charge < -0.3 is 21.1 Å². The predicted octanol–water partition coefficient (Wildman–Crippen LogP) is 1.43. The van der Waals surface area contributed by atoms with Crippen LogP contribution in [-0.4, -0.2) is 81.1 Å². The normalized spacial score (nSPS) is 34.7. The Morgan fingerprint density at radius 1 is 0.933 bits per heavy atom. The number of ketones is 4. The van der Waals surface area contributed by atoms with E-state index >= 15 is 0 Å². The van der Waals surface area contributed by atoms with Crippen LogP contribution in [0.4, 0.5) is 0 Å². The third-order valence-electron chi connectivity index (χ3n) is 10.9. The van der Waals surface area contributed by atoms with Crippen molar-refractivity contribution in [3.05, 3.63) is 64.7 Å². The Morgan fingerprint density at radius 3 is 2.16 bits per heavy atom. The molecule has 2 aromatic carbocycles. The Labute approximate surface area is 261 Å². The number of nitrogens with zero attached hydrogens (tertiary/aromatic N) is 1. The largest absolute Gasteiger partial charge is 0.507 e. The van der Waals surface area contributed by atoms with E-state index < -0.39 is 70.5 Å². The quantitative estimate of drug-likeness (QED) is 0.350. The van der Waals surface area contributed by atoms with Crippen LogP contribution in [0, 0.1) is 35.5 Å². The maximum absolute atomic E-state index is 14.0. The highest BCUT2D eigenvalue weighted by Gasteiger charge is 2.72. The molecular formula is C35H40N2O8. The minimum Gasteiger partial charge on any atom is -0.507 e. The van der Waals surface area contributed by atoms with Gasteiger partial charge in [0, 0.05) is 5.92 Å². The molecule has 0 spiro atoms. The van der Waals surface area contributed by atoms with Gasteiger partial charge in [0.05, 0.1) is 29.5 Å². The summed E-state index contributed by atoms with van der Waals surface area (Å²) < 4.78 is 0. The van der Waals surface area contributed by atoms with E-state index in [1.54, 1.807) is 12.1 Å². The van der Waals surface area contributed by atoms with Crippen molar-refractivity contribution in [1.82, 2.24) is 4.90 Å². The molecule has 45 heavy (non-hydrogen) atoms. The number of likely N-dealkylation sites (N-methyl/N-ethyl adjacent to an activating group) is 1. The zero-order valence-electron chi connectivity index (χ0n) is 25.5. The first-order valence-electron chi connectivity index (χ1n) is 15.8. The number of phenolic OH excluding ortho intramolecular Hbond substituents is 1. The summed E-state index contributed by atoms with van der Waals surface area (Å²) in [5.74, 6) is -11.3. The first-order chi connectivity index (χ1) is 21.4. The summed E-state index contributed by atoms with van der Waals surface area (Å²) in [5.41, 5.74) is 4.71. The van der Waals surface area contributed by atoms with Crippen LogP contribution in [0.1, 0.15) is 52.7 Å². The number of benzene rings is 2. The molecule has 6 rings (SSSR count). The smallest absolute Gasteiger partial charge is 0.235 e. The fourth-order valence-corrected chi connectivity index (χ4v) is 8.69. The Hall–Kier alpha value is -3.73. The third-order valence-corrected chi connectivity index (χ3v) is 10.9. The van der Waals surface area contributed by atoms with Crippen molar-refractivity contribution in [3.8, 4) is 5.75 Å². The Morgan fingerprint density at radius 2 is 1.56 bits per heavy atom. The molecule has 5 N–H and O–H groups in total. The second kappa shape index (κ2) is 11.6. The van der Waals surface area contributed by atoms with Crippen molar-refractivity contribution in [2.45, 2.75) is 62.7 Å². The molecule has 4 aliphatic carbocycles. The summed E-state index contributed by atoms with van der Waals surface area (Å²) >= 11 is 0. The topological polar surface area (TPSA) is 175 Å².